The molecule has 2 nitrogen and oxygen atoms in total. The van der Waals surface area contributed by atoms with Crippen molar-refractivity contribution in [2.24, 2.45) is 7.05 Å². The van der Waals surface area contributed by atoms with Crippen LogP contribution >= 0.6 is 0 Å². The van der Waals surface area contributed by atoms with Crippen molar-refractivity contribution in [1.82, 2.24) is 4.40 Å². The van der Waals surface area contributed by atoms with E-state index in [4.69, 9.17) is 0 Å². The van der Waals surface area contributed by atoms with Gasteiger partial charge in [-0.3, -0.25) is 0 Å². The van der Waals surface area contributed by atoms with Crippen LogP contribution in [-0.2, 0) is 7.05 Å². The molecule has 0 aliphatic heterocycles. The maximum Gasteiger partial charge on any atom is 0.295 e. The van der Waals surface area contributed by atoms with Gasteiger partial charge in [0.2, 0.25) is 0 Å². The molecule has 3 aromatic carbocycles. The number of benzene rings is 3. The molecule has 132 valence electrons. The molecular weight excluding hydrogens is 328 g/mol. The molecule has 0 N–H and O–H groups in total. The lowest BCUT2D eigenvalue weighted by molar-refractivity contribution is -0.643. The van der Waals surface area contributed by atoms with Crippen molar-refractivity contribution >= 4 is 27.3 Å². The average Bonchev–Trinajstić information content (AvgIpc) is 2.99. The van der Waals surface area contributed by atoms with E-state index in [1.165, 1.54) is 55.3 Å². The molecule has 0 unspecified atom stereocenters. The van der Waals surface area contributed by atoms with Crippen LogP contribution in [0.3, 0.4) is 0 Å². The number of pyridine rings is 1. The number of rotatable bonds is 1. The van der Waals surface area contributed by atoms with E-state index in [0.29, 0.717) is 0 Å². The Morgan fingerprint density at radius 2 is 1.33 bits per heavy atom. The Morgan fingerprint density at radius 3 is 2.11 bits per heavy atom. The van der Waals surface area contributed by atoms with E-state index in [2.05, 4.69) is 104 Å². The summed E-state index contributed by atoms with van der Waals surface area (Å²) in [5, 5.41) is 3.95. The summed E-state index contributed by atoms with van der Waals surface area (Å²) in [5.41, 5.74) is 9.01. The van der Waals surface area contributed by atoms with Gasteiger partial charge in [0, 0.05) is 16.3 Å². The van der Waals surface area contributed by atoms with Crippen molar-refractivity contribution in [2.75, 3.05) is 0 Å². The highest BCUT2D eigenvalue weighted by molar-refractivity contribution is 6.12. The fourth-order valence-corrected chi connectivity index (χ4v) is 4.59. The van der Waals surface area contributed by atoms with E-state index >= 15 is 0 Å². The molecular formula is C25H23N2+. The molecule has 2 heterocycles. The summed E-state index contributed by atoms with van der Waals surface area (Å²) in [4.78, 5) is 0. The molecule has 0 fully saturated rings. The molecule has 27 heavy (non-hydrogen) atoms. The van der Waals surface area contributed by atoms with Crippen molar-refractivity contribution < 1.29 is 4.57 Å². The maximum absolute atomic E-state index is 2.44. The predicted molar refractivity (Wildman–Crippen MR) is 113 cm³/mol. The van der Waals surface area contributed by atoms with Gasteiger partial charge < -0.3 is 0 Å². The van der Waals surface area contributed by atoms with Crippen LogP contribution in [0.15, 0.2) is 66.9 Å². The van der Waals surface area contributed by atoms with E-state index in [9.17, 15) is 0 Å². The molecule has 0 amide bonds. The van der Waals surface area contributed by atoms with Crippen LogP contribution in [0.1, 0.15) is 16.7 Å². The van der Waals surface area contributed by atoms with Gasteiger partial charge in [-0.25, -0.2) is 4.57 Å². The average molecular weight is 351 g/mol. The largest absolute Gasteiger partial charge is 0.295 e. The Morgan fingerprint density at radius 1 is 0.704 bits per heavy atom. The molecule has 5 aromatic rings. The lowest BCUT2D eigenvalue weighted by Gasteiger charge is -2.10. The summed E-state index contributed by atoms with van der Waals surface area (Å²) in [7, 11) is 2.16. The first kappa shape index (κ1) is 16.1. The third-order valence-corrected chi connectivity index (χ3v) is 5.77. The minimum atomic E-state index is 1.25. The summed E-state index contributed by atoms with van der Waals surface area (Å²) >= 11 is 0. The lowest BCUT2D eigenvalue weighted by atomic mass is 9.99. The highest BCUT2D eigenvalue weighted by Gasteiger charge is 2.25. The summed E-state index contributed by atoms with van der Waals surface area (Å²) in [6.45, 7) is 6.62. The zero-order valence-electron chi connectivity index (χ0n) is 16.2. The number of imidazole rings is 1. The van der Waals surface area contributed by atoms with Crippen LogP contribution < -0.4 is 4.57 Å². The number of fused-ring (bicyclic) bond motifs is 6. The maximum atomic E-state index is 2.44. The fraction of sp³-hybridized carbons (Fsp3) is 0.160. The highest BCUT2D eigenvalue weighted by Crippen LogP contribution is 2.35. The third kappa shape index (κ3) is 2.16. The van der Waals surface area contributed by atoms with Crippen LogP contribution in [0.25, 0.3) is 38.6 Å². The Labute approximate surface area is 159 Å². The first-order chi connectivity index (χ1) is 13.1. The Hall–Kier alpha value is -3.13. The van der Waals surface area contributed by atoms with Crippen LogP contribution in [0.2, 0.25) is 0 Å². The van der Waals surface area contributed by atoms with Gasteiger partial charge in [0.25, 0.3) is 5.65 Å². The minimum absolute atomic E-state index is 1.25. The summed E-state index contributed by atoms with van der Waals surface area (Å²) in [5.74, 6) is 0. The molecule has 5 rings (SSSR count). The minimum Gasteiger partial charge on any atom is -0.232 e. The van der Waals surface area contributed by atoms with Crippen LogP contribution in [0.4, 0.5) is 0 Å². The lowest BCUT2D eigenvalue weighted by Crippen LogP contribution is -2.26. The standard InChI is InChI=1S/C25H23N2/c1-16-9-7-10-17(2)23(16)22-15-26(4)25-24-18(3)11-8-13-20(24)19-12-5-6-14-21(19)27(22)25/h5-15H,1-4H3/q+1. The SMILES string of the molecule is Cc1cccc(C)c1-c1c[n+](C)c2c3c(C)cccc3c3ccccc3n12. The van der Waals surface area contributed by atoms with E-state index < -0.39 is 0 Å². The normalized spacial score (nSPS) is 11.7. The Kier molecular flexibility index (Phi) is 3.38. The van der Waals surface area contributed by atoms with E-state index in [0.717, 1.165) is 0 Å². The molecule has 0 saturated carbocycles. The van der Waals surface area contributed by atoms with E-state index in [-0.39, 0.29) is 0 Å². The molecule has 2 heteroatoms. The number of aryl methyl sites for hydroxylation is 4. The monoisotopic (exact) mass is 351 g/mol. The molecule has 2 aromatic heterocycles. The fourth-order valence-electron chi connectivity index (χ4n) is 4.59. The number of para-hydroxylation sites is 1. The van der Waals surface area contributed by atoms with Gasteiger partial charge in [-0.1, -0.05) is 54.6 Å². The van der Waals surface area contributed by atoms with Gasteiger partial charge in [0.15, 0.2) is 5.69 Å². The van der Waals surface area contributed by atoms with Gasteiger partial charge in [0.05, 0.1) is 12.4 Å². The second-order valence-corrected chi connectivity index (χ2v) is 7.57. The second-order valence-electron chi connectivity index (χ2n) is 7.57. The highest BCUT2D eigenvalue weighted by atomic mass is 15.1. The van der Waals surface area contributed by atoms with Crippen molar-refractivity contribution in [3.05, 3.63) is 83.6 Å². The third-order valence-electron chi connectivity index (χ3n) is 5.77. The van der Waals surface area contributed by atoms with Gasteiger partial charge in [0.1, 0.15) is 11.7 Å². The van der Waals surface area contributed by atoms with Crippen molar-refractivity contribution in [1.29, 1.82) is 0 Å². The summed E-state index contributed by atoms with van der Waals surface area (Å²) in [6.07, 6.45) is 2.28. The Balaban J connectivity index is 2.12. The van der Waals surface area contributed by atoms with Crippen molar-refractivity contribution in [3.8, 4) is 11.3 Å². The molecule has 0 bridgehead atoms. The molecule has 0 radical (unpaired) electrons. The zero-order valence-corrected chi connectivity index (χ0v) is 16.2. The predicted octanol–water partition coefficient (Wildman–Crippen LogP) is 5.66. The number of hydrogen-bond acceptors (Lipinski definition) is 0. The number of nitrogens with zero attached hydrogens (tertiary/aromatic N) is 2. The quantitative estimate of drug-likeness (QED) is 0.272. The molecule has 0 saturated heterocycles. The first-order valence-electron chi connectivity index (χ1n) is 9.45. The van der Waals surface area contributed by atoms with Crippen molar-refractivity contribution in [3.63, 3.8) is 0 Å². The second kappa shape index (κ2) is 5.68. The molecule has 0 spiro atoms. The Bertz CT molecular complexity index is 1340. The van der Waals surface area contributed by atoms with E-state index in [1.54, 1.807) is 0 Å². The van der Waals surface area contributed by atoms with Crippen LogP contribution in [0.5, 0.6) is 0 Å². The molecule has 0 atom stereocenters. The van der Waals surface area contributed by atoms with Gasteiger partial charge in [-0.05, 0) is 43.5 Å². The van der Waals surface area contributed by atoms with Gasteiger partial charge in [-0.2, -0.15) is 4.40 Å². The smallest absolute Gasteiger partial charge is 0.232 e. The summed E-state index contributed by atoms with van der Waals surface area (Å²) < 4.78 is 4.73. The van der Waals surface area contributed by atoms with Gasteiger partial charge in [-0.15, -0.1) is 0 Å². The number of hydrogen-bond donors (Lipinski definition) is 0. The number of aromatic nitrogens is 2. The molecule has 0 aliphatic carbocycles. The molecule has 0 aliphatic rings. The topological polar surface area (TPSA) is 8.29 Å². The zero-order chi connectivity index (χ0) is 18.7. The van der Waals surface area contributed by atoms with Crippen LogP contribution in [-0.4, -0.2) is 4.40 Å². The summed E-state index contributed by atoms with van der Waals surface area (Å²) in [6, 6.07) is 21.9. The van der Waals surface area contributed by atoms with Gasteiger partial charge >= 0.3 is 0 Å². The van der Waals surface area contributed by atoms with E-state index in [1.807, 2.05) is 0 Å². The first-order valence-corrected chi connectivity index (χ1v) is 9.45. The van der Waals surface area contributed by atoms with Crippen molar-refractivity contribution in [2.45, 2.75) is 20.8 Å². The van der Waals surface area contributed by atoms with Crippen LogP contribution in [0, 0.1) is 20.8 Å².